The Morgan fingerprint density at radius 3 is 2.69 bits per heavy atom. The minimum Gasteiger partial charge on any atom is -0.497 e. The third kappa shape index (κ3) is 4.45. The van der Waals surface area contributed by atoms with E-state index >= 15 is 0 Å². The highest BCUT2D eigenvalue weighted by Gasteiger charge is 2.36. The quantitative estimate of drug-likeness (QED) is 0.495. The van der Waals surface area contributed by atoms with Gasteiger partial charge in [-0.3, -0.25) is 9.69 Å². The van der Waals surface area contributed by atoms with Gasteiger partial charge in [0, 0.05) is 5.02 Å². The van der Waals surface area contributed by atoms with Crippen LogP contribution in [-0.4, -0.2) is 29.0 Å². The summed E-state index contributed by atoms with van der Waals surface area (Å²) in [6, 6.07) is 12.7. The van der Waals surface area contributed by atoms with Crippen LogP contribution in [0.5, 0.6) is 11.5 Å². The predicted molar refractivity (Wildman–Crippen MR) is 116 cm³/mol. The Labute approximate surface area is 185 Å². The van der Waals surface area contributed by atoms with Crippen molar-refractivity contribution in [1.82, 2.24) is 10.2 Å². The predicted octanol–water partition coefficient (Wildman–Crippen LogP) is 5.21. The third-order valence-corrected chi connectivity index (χ3v) is 6.82. The average molecular weight is 468 g/mol. The van der Waals surface area contributed by atoms with Crippen molar-refractivity contribution < 1.29 is 14.3 Å². The smallest absolute Gasteiger partial charge is 0.240 e. The van der Waals surface area contributed by atoms with E-state index in [1.54, 1.807) is 42.0 Å². The fourth-order valence-electron chi connectivity index (χ4n) is 2.78. The maximum atomic E-state index is 12.5. The molecule has 29 heavy (non-hydrogen) atoms. The van der Waals surface area contributed by atoms with Gasteiger partial charge in [-0.05, 0) is 35.9 Å². The Hall–Kier alpha value is -2.00. The van der Waals surface area contributed by atoms with Gasteiger partial charge in [0.2, 0.25) is 11.0 Å². The van der Waals surface area contributed by atoms with Crippen molar-refractivity contribution in [2.45, 2.75) is 12.0 Å². The summed E-state index contributed by atoms with van der Waals surface area (Å²) in [5.74, 6) is 1.67. The second-order valence-corrected chi connectivity index (χ2v) is 8.99. The van der Waals surface area contributed by atoms with Crippen LogP contribution in [0.25, 0.3) is 0 Å². The molecule has 0 saturated carbocycles. The van der Waals surface area contributed by atoms with Gasteiger partial charge in [-0.15, -0.1) is 22.0 Å². The molecule has 0 radical (unpaired) electrons. The molecule has 3 aromatic rings. The van der Waals surface area contributed by atoms with Crippen LogP contribution in [0, 0.1) is 0 Å². The molecule has 1 aliphatic heterocycles. The number of anilines is 1. The highest BCUT2D eigenvalue weighted by Crippen LogP contribution is 2.43. The molecule has 0 N–H and O–H groups in total. The lowest BCUT2D eigenvalue weighted by molar-refractivity contribution is -0.115. The number of amides is 1. The molecule has 6 nitrogen and oxygen atoms in total. The van der Waals surface area contributed by atoms with Gasteiger partial charge in [-0.1, -0.05) is 46.7 Å². The van der Waals surface area contributed by atoms with E-state index in [1.165, 1.54) is 11.3 Å². The average Bonchev–Trinajstić information content (AvgIpc) is 3.33. The second-order valence-electron chi connectivity index (χ2n) is 6.04. The van der Waals surface area contributed by atoms with Crippen LogP contribution in [0.4, 0.5) is 5.13 Å². The van der Waals surface area contributed by atoms with Crippen LogP contribution in [0.15, 0.2) is 42.5 Å². The maximum absolute atomic E-state index is 12.5. The lowest BCUT2D eigenvalue weighted by atomic mass is 10.2. The van der Waals surface area contributed by atoms with Crippen LogP contribution < -0.4 is 14.4 Å². The molecule has 1 aliphatic rings. The van der Waals surface area contributed by atoms with E-state index in [9.17, 15) is 4.79 Å². The highest BCUT2D eigenvalue weighted by atomic mass is 35.5. The number of methoxy groups -OCH3 is 1. The van der Waals surface area contributed by atoms with E-state index in [-0.39, 0.29) is 17.9 Å². The summed E-state index contributed by atoms with van der Waals surface area (Å²) < 4.78 is 10.9. The van der Waals surface area contributed by atoms with Gasteiger partial charge in [0.1, 0.15) is 23.5 Å². The molecule has 10 heteroatoms. The van der Waals surface area contributed by atoms with Crippen molar-refractivity contribution >= 4 is 57.3 Å². The number of thioether (sulfide) groups is 1. The van der Waals surface area contributed by atoms with Gasteiger partial charge in [0.15, 0.2) is 5.01 Å². The van der Waals surface area contributed by atoms with Crippen LogP contribution in [0.1, 0.15) is 15.9 Å². The van der Waals surface area contributed by atoms with Crippen molar-refractivity contribution in [3.8, 4) is 11.5 Å². The number of rotatable bonds is 6. The standard InChI is InChI=1S/C19H15Cl2N3O3S2/c1-26-13-5-2-11(3-6-13)18-24(17(25)10-28-18)19-23-22-16(29-19)9-27-15-7-4-12(20)8-14(15)21/h2-8,18H,9-10H2,1H3. The molecule has 0 aliphatic carbocycles. The zero-order valence-electron chi connectivity index (χ0n) is 15.2. The second kappa shape index (κ2) is 8.79. The van der Waals surface area contributed by atoms with E-state index in [2.05, 4.69) is 10.2 Å². The minimum absolute atomic E-state index is 0.000169. The van der Waals surface area contributed by atoms with Gasteiger partial charge in [0.25, 0.3) is 0 Å². The molecule has 0 spiro atoms. The van der Waals surface area contributed by atoms with Gasteiger partial charge in [-0.25, -0.2) is 0 Å². The first-order valence-electron chi connectivity index (χ1n) is 8.53. The van der Waals surface area contributed by atoms with E-state index in [0.717, 1.165) is 11.3 Å². The number of aromatic nitrogens is 2. The SMILES string of the molecule is COc1ccc(C2SCC(=O)N2c2nnc(COc3ccc(Cl)cc3Cl)s2)cc1. The van der Waals surface area contributed by atoms with Gasteiger partial charge >= 0.3 is 0 Å². The summed E-state index contributed by atoms with van der Waals surface area (Å²) in [5, 5.41) is 10.4. The van der Waals surface area contributed by atoms with E-state index < -0.39 is 0 Å². The number of hydrogen-bond donors (Lipinski definition) is 0. The monoisotopic (exact) mass is 467 g/mol. The summed E-state index contributed by atoms with van der Waals surface area (Å²) in [7, 11) is 1.62. The summed E-state index contributed by atoms with van der Waals surface area (Å²) in [6.07, 6.45) is 0. The summed E-state index contributed by atoms with van der Waals surface area (Å²) in [6.45, 7) is 0.196. The van der Waals surface area contributed by atoms with Crippen molar-refractivity contribution in [1.29, 1.82) is 0 Å². The normalized spacial score (nSPS) is 16.3. The molecule has 1 amide bonds. The molecule has 0 bridgehead atoms. The zero-order valence-corrected chi connectivity index (χ0v) is 18.3. The van der Waals surface area contributed by atoms with Crippen LogP contribution in [0.2, 0.25) is 10.0 Å². The van der Waals surface area contributed by atoms with E-state index in [1.807, 2.05) is 24.3 Å². The third-order valence-electron chi connectivity index (χ3n) is 4.18. The number of carbonyl (C=O) groups excluding carboxylic acids is 1. The Morgan fingerprint density at radius 2 is 1.97 bits per heavy atom. The number of halogens is 2. The first kappa shape index (κ1) is 20.3. The van der Waals surface area contributed by atoms with Crippen LogP contribution >= 0.6 is 46.3 Å². The largest absolute Gasteiger partial charge is 0.497 e. The summed E-state index contributed by atoms with van der Waals surface area (Å²) >= 11 is 14.9. The van der Waals surface area contributed by atoms with Gasteiger partial charge < -0.3 is 9.47 Å². The fraction of sp³-hybridized carbons (Fsp3) is 0.211. The first-order valence-corrected chi connectivity index (χ1v) is 11.1. The topological polar surface area (TPSA) is 64.5 Å². The molecule has 1 fully saturated rings. The number of nitrogens with zero attached hydrogens (tertiary/aromatic N) is 3. The Kier molecular flexibility index (Phi) is 6.15. The van der Waals surface area contributed by atoms with Crippen LogP contribution in [-0.2, 0) is 11.4 Å². The minimum atomic E-state index is -0.152. The Balaban J connectivity index is 1.49. The van der Waals surface area contributed by atoms with Gasteiger partial charge in [0.05, 0.1) is 17.9 Å². The first-order chi connectivity index (χ1) is 14.0. The number of carbonyl (C=O) groups is 1. The molecule has 1 saturated heterocycles. The maximum Gasteiger partial charge on any atom is 0.240 e. The Bertz CT molecular complexity index is 1030. The summed E-state index contributed by atoms with van der Waals surface area (Å²) in [5.41, 5.74) is 1.00. The van der Waals surface area contributed by atoms with E-state index in [0.29, 0.717) is 31.7 Å². The van der Waals surface area contributed by atoms with Crippen LogP contribution in [0.3, 0.4) is 0 Å². The van der Waals surface area contributed by atoms with Crippen molar-refractivity contribution in [3.05, 3.63) is 63.1 Å². The van der Waals surface area contributed by atoms with Crippen molar-refractivity contribution in [3.63, 3.8) is 0 Å². The lowest BCUT2D eigenvalue weighted by Gasteiger charge is -2.21. The number of hydrogen-bond acceptors (Lipinski definition) is 7. The summed E-state index contributed by atoms with van der Waals surface area (Å²) in [4.78, 5) is 14.2. The van der Waals surface area contributed by atoms with E-state index in [4.69, 9.17) is 32.7 Å². The Morgan fingerprint density at radius 1 is 1.17 bits per heavy atom. The molecular formula is C19H15Cl2N3O3S2. The fourth-order valence-corrected chi connectivity index (χ4v) is 5.26. The van der Waals surface area contributed by atoms with Gasteiger partial charge in [-0.2, -0.15) is 0 Å². The lowest BCUT2D eigenvalue weighted by Crippen LogP contribution is -2.27. The van der Waals surface area contributed by atoms with Crippen molar-refractivity contribution in [2.75, 3.05) is 17.8 Å². The number of benzene rings is 2. The highest BCUT2D eigenvalue weighted by molar-refractivity contribution is 8.00. The molecular weight excluding hydrogens is 453 g/mol. The molecule has 1 unspecified atom stereocenters. The molecule has 1 aromatic heterocycles. The molecule has 4 rings (SSSR count). The molecule has 1 atom stereocenters. The molecule has 2 heterocycles. The van der Waals surface area contributed by atoms with Crippen molar-refractivity contribution in [2.24, 2.45) is 0 Å². The molecule has 2 aromatic carbocycles. The zero-order chi connectivity index (χ0) is 20.4. The molecule has 150 valence electrons. The number of ether oxygens (including phenoxy) is 2.